The average Bonchev–Trinajstić information content (AvgIpc) is 2.46. The molecular formula is C15H21BrFNO3. The first-order valence-electron chi connectivity index (χ1n) is 6.93. The van der Waals surface area contributed by atoms with Gasteiger partial charge in [0.25, 0.3) is 0 Å². The summed E-state index contributed by atoms with van der Waals surface area (Å²) < 4.78 is 23.8. The number of ether oxygens (including phenoxy) is 2. The van der Waals surface area contributed by atoms with Crippen molar-refractivity contribution in [2.45, 2.75) is 38.6 Å². The highest BCUT2D eigenvalue weighted by Crippen LogP contribution is 2.31. The number of halogens is 2. The molecule has 4 nitrogen and oxygen atoms in total. The number of carbonyl (C=O) groups excluding carboxylic acids is 1. The van der Waals surface area contributed by atoms with Gasteiger partial charge in [-0.05, 0) is 41.8 Å². The highest BCUT2D eigenvalue weighted by molar-refractivity contribution is 9.10. The number of hydrogen-bond donors (Lipinski definition) is 1. The first-order chi connectivity index (χ1) is 9.99. The minimum atomic E-state index is -0.384. The molecule has 21 heavy (non-hydrogen) atoms. The standard InChI is InChI=1S/C15H21BrFNO3/c1-3-21-15(19)7-5-4-6-13(18)10-8-11(16)12(17)9-14(10)20-2/h8-9,13H,3-7,18H2,1-2H3. The molecule has 0 spiro atoms. The van der Waals surface area contributed by atoms with Crippen LogP contribution in [0.1, 0.15) is 44.2 Å². The molecule has 2 N–H and O–H groups in total. The van der Waals surface area contributed by atoms with Crippen LogP contribution in [-0.2, 0) is 9.53 Å². The van der Waals surface area contributed by atoms with E-state index in [4.69, 9.17) is 15.2 Å². The Labute approximate surface area is 132 Å². The van der Waals surface area contributed by atoms with E-state index in [-0.39, 0.29) is 17.8 Å². The number of carbonyl (C=O) groups is 1. The smallest absolute Gasteiger partial charge is 0.305 e. The molecule has 6 heteroatoms. The lowest BCUT2D eigenvalue weighted by atomic mass is 10.00. The van der Waals surface area contributed by atoms with Crippen molar-refractivity contribution in [3.8, 4) is 5.75 Å². The Morgan fingerprint density at radius 3 is 2.76 bits per heavy atom. The van der Waals surface area contributed by atoms with Crippen molar-refractivity contribution >= 4 is 21.9 Å². The van der Waals surface area contributed by atoms with E-state index in [2.05, 4.69) is 15.9 Å². The first-order valence-corrected chi connectivity index (χ1v) is 7.73. The van der Waals surface area contributed by atoms with E-state index in [1.807, 2.05) is 0 Å². The lowest BCUT2D eigenvalue weighted by Gasteiger charge is -2.16. The molecule has 1 unspecified atom stereocenters. The summed E-state index contributed by atoms with van der Waals surface area (Å²) in [6, 6.07) is 2.70. The number of unbranched alkanes of at least 4 members (excludes halogenated alkanes) is 1. The summed E-state index contributed by atoms with van der Waals surface area (Å²) in [7, 11) is 1.49. The average molecular weight is 362 g/mol. The van der Waals surface area contributed by atoms with Gasteiger partial charge in [0.2, 0.25) is 0 Å². The van der Waals surface area contributed by atoms with Crippen LogP contribution < -0.4 is 10.5 Å². The van der Waals surface area contributed by atoms with Crippen LogP contribution in [0, 0.1) is 5.82 Å². The van der Waals surface area contributed by atoms with Crippen LogP contribution in [0.4, 0.5) is 4.39 Å². The number of hydrogen-bond acceptors (Lipinski definition) is 4. The van der Waals surface area contributed by atoms with Gasteiger partial charge in [-0.2, -0.15) is 0 Å². The minimum absolute atomic E-state index is 0.187. The zero-order chi connectivity index (χ0) is 15.8. The summed E-state index contributed by atoms with van der Waals surface area (Å²) in [5, 5.41) is 0. The van der Waals surface area contributed by atoms with Crippen molar-refractivity contribution in [2.24, 2.45) is 5.73 Å². The van der Waals surface area contributed by atoms with Gasteiger partial charge < -0.3 is 15.2 Å². The zero-order valence-electron chi connectivity index (χ0n) is 12.3. The second kappa shape index (κ2) is 9.00. The number of methoxy groups -OCH3 is 1. The van der Waals surface area contributed by atoms with E-state index in [1.165, 1.54) is 13.2 Å². The Morgan fingerprint density at radius 1 is 1.43 bits per heavy atom. The van der Waals surface area contributed by atoms with Gasteiger partial charge in [0.15, 0.2) is 0 Å². The van der Waals surface area contributed by atoms with E-state index >= 15 is 0 Å². The molecule has 0 aromatic heterocycles. The van der Waals surface area contributed by atoms with E-state index in [0.717, 1.165) is 18.4 Å². The summed E-state index contributed by atoms with van der Waals surface area (Å²) in [6.45, 7) is 2.19. The Hall–Kier alpha value is -1.14. The van der Waals surface area contributed by atoms with Gasteiger partial charge in [0.1, 0.15) is 11.6 Å². The molecule has 0 radical (unpaired) electrons. The molecule has 0 heterocycles. The van der Waals surface area contributed by atoms with E-state index < -0.39 is 0 Å². The third kappa shape index (κ3) is 5.63. The molecule has 1 rings (SSSR count). The summed E-state index contributed by atoms with van der Waals surface area (Å²) in [6.07, 6.45) is 2.59. The van der Waals surface area contributed by atoms with Crippen molar-refractivity contribution in [1.82, 2.24) is 0 Å². The van der Waals surface area contributed by atoms with Gasteiger partial charge in [0.05, 0.1) is 18.2 Å². The maximum atomic E-state index is 13.5. The van der Waals surface area contributed by atoms with Crippen LogP contribution in [0.2, 0.25) is 0 Å². The molecule has 1 atom stereocenters. The van der Waals surface area contributed by atoms with Crippen molar-refractivity contribution in [2.75, 3.05) is 13.7 Å². The van der Waals surface area contributed by atoms with Gasteiger partial charge >= 0.3 is 5.97 Å². The molecule has 118 valence electrons. The molecule has 0 amide bonds. The molecule has 0 aliphatic rings. The van der Waals surface area contributed by atoms with Crippen molar-refractivity contribution < 1.29 is 18.7 Å². The second-order valence-electron chi connectivity index (χ2n) is 4.67. The van der Waals surface area contributed by atoms with E-state index in [0.29, 0.717) is 29.7 Å². The number of rotatable bonds is 8. The lowest BCUT2D eigenvalue weighted by molar-refractivity contribution is -0.143. The topological polar surface area (TPSA) is 61.5 Å². The number of esters is 1. The van der Waals surface area contributed by atoms with Crippen LogP contribution in [0.3, 0.4) is 0 Å². The fourth-order valence-electron chi connectivity index (χ4n) is 2.03. The summed E-state index contributed by atoms with van der Waals surface area (Å²) in [4.78, 5) is 11.2. The van der Waals surface area contributed by atoms with Crippen LogP contribution in [0.15, 0.2) is 16.6 Å². The van der Waals surface area contributed by atoms with Gasteiger partial charge in [-0.1, -0.05) is 6.42 Å². The third-order valence-electron chi connectivity index (χ3n) is 3.12. The fourth-order valence-corrected chi connectivity index (χ4v) is 2.39. The van der Waals surface area contributed by atoms with Crippen LogP contribution in [-0.4, -0.2) is 19.7 Å². The molecule has 0 saturated carbocycles. The Kier molecular flexibility index (Phi) is 7.67. The molecular weight excluding hydrogens is 341 g/mol. The predicted octanol–water partition coefficient (Wildman–Crippen LogP) is 3.72. The van der Waals surface area contributed by atoms with Crippen LogP contribution >= 0.6 is 15.9 Å². The lowest BCUT2D eigenvalue weighted by Crippen LogP contribution is -2.12. The quantitative estimate of drug-likeness (QED) is 0.566. The molecule has 0 aliphatic carbocycles. The Balaban J connectivity index is 2.54. The number of nitrogens with two attached hydrogens (primary N) is 1. The van der Waals surface area contributed by atoms with Crippen molar-refractivity contribution in [3.05, 3.63) is 28.0 Å². The largest absolute Gasteiger partial charge is 0.496 e. The first kappa shape index (κ1) is 17.9. The maximum absolute atomic E-state index is 13.5. The molecule has 0 aliphatic heterocycles. The summed E-state index contributed by atoms with van der Waals surface area (Å²) >= 11 is 3.15. The third-order valence-corrected chi connectivity index (χ3v) is 3.73. The molecule has 0 bridgehead atoms. The van der Waals surface area contributed by atoms with Gasteiger partial charge in [0, 0.05) is 24.1 Å². The van der Waals surface area contributed by atoms with Gasteiger partial charge in [-0.3, -0.25) is 4.79 Å². The summed E-state index contributed by atoms with van der Waals surface area (Å²) in [5.41, 5.74) is 6.88. The highest BCUT2D eigenvalue weighted by Gasteiger charge is 2.15. The monoisotopic (exact) mass is 361 g/mol. The van der Waals surface area contributed by atoms with E-state index in [9.17, 15) is 9.18 Å². The predicted molar refractivity (Wildman–Crippen MR) is 82.7 cm³/mol. The van der Waals surface area contributed by atoms with E-state index in [1.54, 1.807) is 13.0 Å². The Morgan fingerprint density at radius 2 is 2.14 bits per heavy atom. The second-order valence-corrected chi connectivity index (χ2v) is 5.52. The fraction of sp³-hybridized carbons (Fsp3) is 0.533. The van der Waals surface area contributed by atoms with Crippen molar-refractivity contribution in [3.63, 3.8) is 0 Å². The Bertz CT molecular complexity index is 482. The highest BCUT2D eigenvalue weighted by atomic mass is 79.9. The van der Waals surface area contributed by atoms with Gasteiger partial charge in [-0.25, -0.2) is 4.39 Å². The molecule has 1 aromatic carbocycles. The maximum Gasteiger partial charge on any atom is 0.305 e. The van der Waals surface area contributed by atoms with Crippen LogP contribution in [0.25, 0.3) is 0 Å². The SMILES string of the molecule is CCOC(=O)CCCCC(N)c1cc(Br)c(F)cc1OC. The van der Waals surface area contributed by atoms with Crippen LogP contribution in [0.5, 0.6) is 5.75 Å². The summed E-state index contributed by atoms with van der Waals surface area (Å²) in [5.74, 6) is -0.133. The minimum Gasteiger partial charge on any atom is -0.496 e. The van der Waals surface area contributed by atoms with Gasteiger partial charge in [-0.15, -0.1) is 0 Å². The molecule has 0 fully saturated rings. The normalized spacial score (nSPS) is 12.0. The number of benzene rings is 1. The van der Waals surface area contributed by atoms with Crippen molar-refractivity contribution in [1.29, 1.82) is 0 Å². The molecule has 1 aromatic rings. The molecule has 0 saturated heterocycles. The zero-order valence-corrected chi connectivity index (χ0v) is 13.9.